The van der Waals surface area contributed by atoms with Crippen LogP contribution in [0.5, 0.6) is 0 Å². The van der Waals surface area contributed by atoms with Crippen molar-refractivity contribution in [2.24, 2.45) is 0 Å². The van der Waals surface area contributed by atoms with E-state index in [0.717, 1.165) is 5.56 Å². The molecule has 0 heterocycles. The number of carbonyl (C=O) groups excluding carboxylic acids is 1. The number of fused-ring (bicyclic) bond motifs is 1. The van der Waals surface area contributed by atoms with Gasteiger partial charge in [-0.1, -0.05) is 36.4 Å². The first-order valence-electron chi connectivity index (χ1n) is 5.18. The summed E-state index contributed by atoms with van der Waals surface area (Å²) in [6, 6.07) is 14.3. The van der Waals surface area contributed by atoms with Gasteiger partial charge in [0, 0.05) is 13.1 Å². The van der Waals surface area contributed by atoms with Crippen molar-refractivity contribution in [3.8, 4) is 0 Å². The standard InChI is InChI=1S/C14H13NO/c1-15-14(16)9-7-11-6-8-12-4-2-3-5-13(12)10-11/h2-10H,1H3,(H,15,16). The molecule has 0 radical (unpaired) electrons. The van der Waals surface area contributed by atoms with E-state index in [2.05, 4.69) is 29.6 Å². The van der Waals surface area contributed by atoms with Crippen molar-refractivity contribution >= 4 is 22.8 Å². The highest BCUT2D eigenvalue weighted by Gasteiger charge is 1.94. The van der Waals surface area contributed by atoms with Gasteiger partial charge >= 0.3 is 0 Å². The van der Waals surface area contributed by atoms with Crippen LogP contribution in [-0.2, 0) is 4.79 Å². The predicted octanol–water partition coefficient (Wildman–Crippen LogP) is 2.60. The maximum absolute atomic E-state index is 11.1. The van der Waals surface area contributed by atoms with Gasteiger partial charge in [-0.05, 0) is 28.5 Å². The number of benzene rings is 2. The lowest BCUT2D eigenvalue weighted by Gasteiger charge is -1.98. The summed E-state index contributed by atoms with van der Waals surface area (Å²) in [5, 5.41) is 4.94. The Kier molecular flexibility index (Phi) is 3.01. The van der Waals surface area contributed by atoms with Crippen LogP contribution in [0, 0.1) is 0 Å². The third-order valence-electron chi connectivity index (χ3n) is 2.45. The van der Waals surface area contributed by atoms with Crippen LogP contribution in [-0.4, -0.2) is 13.0 Å². The fourth-order valence-electron chi connectivity index (χ4n) is 1.57. The van der Waals surface area contributed by atoms with Crippen molar-refractivity contribution in [2.45, 2.75) is 0 Å². The summed E-state index contributed by atoms with van der Waals surface area (Å²) >= 11 is 0. The highest BCUT2D eigenvalue weighted by Crippen LogP contribution is 2.16. The first kappa shape index (κ1) is 10.4. The van der Waals surface area contributed by atoms with Gasteiger partial charge in [0.25, 0.3) is 0 Å². The normalized spacial score (nSPS) is 10.8. The summed E-state index contributed by atoms with van der Waals surface area (Å²) in [7, 11) is 1.62. The molecule has 0 aliphatic carbocycles. The zero-order valence-corrected chi connectivity index (χ0v) is 9.10. The Morgan fingerprint density at radius 3 is 2.62 bits per heavy atom. The molecule has 0 spiro atoms. The molecule has 0 saturated carbocycles. The van der Waals surface area contributed by atoms with E-state index in [4.69, 9.17) is 0 Å². The molecular weight excluding hydrogens is 198 g/mol. The second kappa shape index (κ2) is 4.62. The lowest BCUT2D eigenvalue weighted by molar-refractivity contribution is -0.115. The Morgan fingerprint density at radius 1 is 1.12 bits per heavy atom. The molecule has 80 valence electrons. The van der Waals surface area contributed by atoms with E-state index in [0.29, 0.717) is 0 Å². The van der Waals surface area contributed by atoms with Gasteiger partial charge in [-0.25, -0.2) is 0 Å². The SMILES string of the molecule is CNC(=O)C=Cc1ccc2ccccc2c1. The summed E-state index contributed by atoms with van der Waals surface area (Å²) < 4.78 is 0. The zero-order chi connectivity index (χ0) is 11.4. The van der Waals surface area contributed by atoms with E-state index in [-0.39, 0.29) is 5.91 Å². The summed E-state index contributed by atoms with van der Waals surface area (Å²) in [6.07, 6.45) is 3.34. The van der Waals surface area contributed by atoms with E-state index in [1.807, 2.05) is 24.3 Å². The van der Waals surface area contributed by atoms with Gasteiger partial charge in [-0.15, -0.1) is 0 Å². The van der Waals surface area contributed by atoms with Gasteiger partial charge in [0.1, 0.15) is 0 Å². The highest BCUT2D eigenvalue weighted by atomic mass is 16.1. The van der Waals surface area contributed by atoms with E-state index in [9.17, 15) is 4.79 Å². The second-order valence-electron chi connectivity index (χ2n) is 3.55. The van der Waals surface area contributed by atoms with Crippen LogP contribution in [0.4, 0.5) is 0 Å². The minimum atomic E-state index is -0.0897. The predicted molar refractivity (Wildman–Crippen MR) is 67.0 cm³/mol. The number of hydrogen-bond donors (Lipinski definition) is 1. The Balaban J connectivity index is 2.33. The molecule has 2 heteroatoms. The van der Waals surface area contributed by atoms with E-state index < -0.39 is 0 Å². The van der Waals surface area contributed by atoms with Gasteiger partial charge < -0.3 is 5.32 Å². The summed E-state index contributed by atoms with van der Waals surface area (Å²) in [5.74, 6) is -0.0897. The van der Waals surface area contributed by atoms with E-state index in [1.165, 1.54) is 16.8 Å². The molecule has 0 fully saturated rings. The zero-order valence-electron chi connectivity index (χ0n) is 9.10. The molecule has 2 nitrogen and oxygen atoms in total. The number of amides is 1. The lowest BCUT2D eigenvalue weighted by Crippen LogP contribution is -2.13. The van der Waals surface area contributed by atoms with Crippen LogP contribution in [0.3, 0.4) is 0 Å². The van der Waals surface area contributed by atoms with Crippen molar-refractivity contribution < 1.29 is 4.79 Å². The molecule has 2 aromatic rings. The number of carbonyl (C=O) groups is 1. The minimum Gasteiger partial charge on any atom is -0.356 e. The van der Waals surface area contributed by atoms with Crippen LogP contribution in [0.2, 0.25) is 0 Å². The average molecular weight is 211 g/mol. The molecule has 0 atom stereocenters. The second-order valence-corrected chi connectivity index (χ2v) is 3.55. The van der Waals surface area contributed by atoms with Gasteiger partial charge in [-0.2, -0.15) is 0 Å². The van der Waals surface area contributed by atoms with Crippen LogP contribution >= 0.6 is 0 Å². The van der Waals surface area contributed by atoms with Crippen molar-refractivity contribution in [2.75, 3.05) is 7.05 Å². The molecule has 0 aliphatic heterocycles. The summed E-state index contributed by atoms with van der Waals surface area (Å²) in [6.45, 7) is 0. The minimum absolute atomic E-state index is 0.0897. The third-order valence-corrected chi connectivity index (χ3v) is 2.45. The highest BCUT2D eigenvalue weighted by molar-refractivity contribution is 5.92. The van der Waals surface area contributed by atoms with Gasteiger partial charge in [0.2, 0.25) is 5.91 Å². The van der Waals surface area contributed by atoms with Crippen molar-refractivity contribution in [1.82, 2.24) is 5.32 Å². The molecule has 16 heavy (non-hydrogen) atoms. The molecule has 0 saturated heterocycles. The molecular formula is C14H13NO. The molecule has 1 amide bonds. The number of likely N-dealkylation sites (N-methyl/N-ethyl adjacent to an activating group) is 1. The van der Waals surface area contributed by atoms with Crippen molar-refractivity contribution in [3.05, 3.63) is 54.1 Å². The molecule has 0 unspecified atom stereocenters. The topological polar surface area (TPSA) is 29.1 Å². The Morgan fingerprint density at radius 2 is 1.88 bits per heavy atom. The fraction of sp³-hybridized carbons (Fsp3) is 0.0714. The van der Waals surface area contributed by atoms with Crippen LogP contribution in [0.15, 0.2) is 48.5 Å². The monoisotopic (exact) mass is 211 g/mol. The van der Waals surface area contributed by atoms with Crippen LogP contribution < -0.4 is 5.32 Å². The smallest absolute Gasteiger partial charge is 0.243 e. The number of hydrogen-bond acceptors (Lipinski definition) is 1. The molecule has 0 aromatic heterocycles. The van der Waals surface area contributed by atoms with E-state index >= 15 is 0 Å². The number of rotatable bonds is 2. The molecule has 0 aliphatic rings. The Hall–Kier alpha value is -2.09. The van der Waals surface area contributed by atoms with E-state index in [1.54, 1.807) is 7.05 Å². The largest absolute Gasteiger partial charge is 0.356 e. The first-order valence-corrected chi connectivity index (χ1v) is 5.18. The Labute approximate surface area is 94.6 Å². The molecule has 2 rings (SSSR count). The maximum Gasteiger partial charge on any atom is 0.243 e. The summed E-state index contributed by atoms with van der Waals surface area (Å²) in [4.78, 5) is 11.1. The molecule has 1 N–H and O–H groups in total. The lowest BCUT2D eigenvalue weighted by atomic mass is 10.1. The number of nitrogens with one attached hydrogen (secondary N) is 1. The third kappa shape index (κ3) is 2.28. The van der Waals surface area contributed by atoms with Crippen LogP contribution in [0.1, 0.15) is 5.56 Å². The molecule has 0 bridgehead atoms. The maximum atomic E-state index is 11.1. The van der Waals surface area contributed by atoms with Crippen molar-refractivity contribution in [1.29, 1.82) is 0 Å². The van der Waals surface area contributed by atoms with Crippen LogP contribution in [0.25, 0.3) is 16.8 Å². The molecule has 2 aromatic carbocycles. The van der Waals surface area contributed by atoms with Gasteiger partial charge in [0.15, 0.2) is 0 Å². The quantitative estimate of drug-likeness (QED) is 0.760. The average Bonchev–Trinajstić information content (AvgIpc) is 2.35. The first-order chi connectivity index (χ1) is 7.79. The van der Waals surface area contributed by atoms with Gasteiger partial charge in [0.05, 0.1) is 0 Å². The Bertz CT molecular complexity index is 543. The van der Waals surface area contributed by atoms with Gasteiger partial charge in [-0.3, -0.25) is 4.79 Å². The summed E-state index contributed by atoms with van der Waals surface area (Å²) in [5.41, 5.74) is 1.03. The fourth-order valence-corrected chi connectivity index (χ4v) is 1.57. The van der Waals surface area contributed by atoms with Crippen molar-refractivity contribution in [3.63, 3.8) is 0 Å².